The number of nitrogens with zero attached hydrogens (tertiary/aromatic N) is 3. The molecule has 1 aliphatic heterocycles. The van der Waals surface area contributed by atoms with E-state index >= 15 is 0 Å². The van der Waals surface area contributed by atoms with E-state index in [0.717, 1.165) is 64.2 Å². The first-order valence-electron chi connectivity index (χ1n) is 18.2. The lowest BCUT2D eigenvalue weighted by atomic mass is 9.82. The number of amides is 5. The molecule has 1 aromatic rings. The van der Waals surface area contributed by atoms with Crippen LogP contribution in [0, 0.1) is 23.2 Å². The Morgan fingerprint density at radius 2 is 1.63 bits per heavy atom. The second kappa shape index (κ2) is 15.8. The van der Waals surface area contributed by atoms with Crippen molar-refractivity contribution in [1.82, 2.24) is 36.1 Å². The predicted molar refractivity (Wildman–Crippen MR) is 181 cm³/mol. The highest BCUT2D eigenvalue weighted by molar-refractivity contribution is 6.38. The average Bonchev–Trinajstić information content (AvgIpc) is 3.65. The first kappa shape index (κ1) is 36.4. The molecule has 49 heavy (non-hydrogen) atoms. The van der Waals surface area contributed by atoms with Crippen LogP contribution in [0.2, 0.25) is 0 Å². The topological polar surface area (TPSA) is 180 Å². The minimum absolute atomic E-state index is 0.0132. The van der Waals surface area contributed by atoms with Crippen molar-refractivity contribution >= 4 is 35.3 Å². The number of ketones is 1. The minimum Gasteiger partial charge on any atom is -0.347 e. The summed E-state index contributed by atoms with van der Waals surface area (Å²) in [5, 5.41) is 11.5. The van der Waals surface area contributed by atoms with Crippen LogP contribution in [0.1, 0.15) is 115 Å². The number of Topliss-reactive ketones (excluding diaryl/α,β-unsaturated/α-hetero) is 1. The molecule has 5 amide bonds. The number of rotatable bonds is 13. The van der Waals surface area contributed by atoms with Gasteiger partial charge in [-0.2, -0.15) is 0 Å². The minimum atomic E-state index is -0.994. The van der Waals surface area contributed by atoms with E-state index in [2.05, 4.69) is 31.2 Å². The van der Waals surface area contributed by atoms with Crippen LogP contribution in [0.4, 0.5) is 0 Å². The molecule has 0 unspecified atom stereocenters. The Morgan fingerprint density at radius 1 is 0.898 bits per heavy atom. The normalized spacial score (nSPS) is 24.2. The first-order valence-corrected chi connectivity index (χ1v) is 18.2. The quantitative estimate of drug-likeness (QED) is 0.230. The highest BCUT2D eigenvalue weighted by atomic mass is 16.2. The van der Waals surface area contributed by atoms with Gasteiger partial charge in [-0.15, -0.1) is 0 Å². The second-order valence-corrected chi connectivity index (χ2v) is 15.5. The fraction of sp³-hybridized carbons (Fsp3) is 0.722. The highest BCUT2D eigenvalue weighted by Crippen LogP contribution is 2.43. The van der Waals surface area contributed by atoms with Crippen molar-refractivity contribution in [2.45, 2.75) is 135 Å². The van der Waals surface area contributed by atoms with E-state index in [0.29, 0.717) is 19.4 Å². The van der Waals surface area contributed by atoms with Crippen molar-refractivity contribution in [2.24, 2.45) is 23.2 Å². The molecule has 2 heterocycles. The molecule has 5 rings (SSSR count). The van der Waals surface area contributed by atoms with Crippen LogP contribution in [0.5, 0.6) is 0 Å². The van der Waals surface area contributed by atoms with E-state index in [1.165, 1.54) is 18.6 Å². The number of carbonyl (C=O) groups is 6. The zero-order valence-corrected chi connectivity index (χ0v) is 29.3. The monoisotopic (exact) mass is 679 g/mol. The molecule has 1 aromatic heterocycles. The Labute approximate surface area is 288 Å². The van der Waals surface area contributed by atoms with Crippen molar-refractivity contribution in [1.29, 1.82) is 0 Å². The van der Waals surface area contributed by atoms with Crippen LogP contribution < -0.4 is 21.3 Å². The summed E-state index contributed by atoms with van der Waals surface area (Å²) in [6, 6.07) is -3.68. The van der Waals surface area contributed by atoms with E-state index in [1.54, 1.807) is 4.90 Å². The maximum atomic E-state index is 14.6. The number of likely N-dealkylation sites (tertiary alicyclic amines) is 1. The molecule has 3 aliphatic carbocycles. The standard InChI is InChI=1S/C36H53N7O6/c1-5-10-25(29(44)34(48)39-23-15-16-23)40-33(47)28-24-14-9-13-22(24)20-43(28)35(49)30(36(2,3)4)42-32(46)27(21-11-7-6-8-12-21)41-31(45)26-19-37-17-18-38-26/h17-19,21-25,27-28,30H,5-16,20H2,1-4H3,(H,39,48)(H,40,47)(H,41,45)(H,42,46)/t22-,24-,25-,27+,28+,30-/m1/s1. The van der Waals surface area contributed by atoms with E-state index in [4.69, 9.17) is 0 Å². The highest BCUT2D eigenvalue weighted by Gasteiger charge is 2.52. The van der Waals surface area contributed by atoms with Gasteiger partial charge in [-0.25, -0.2) is 4.98 Å². The van der Waals surface area contributed by atoms with Gasteiger partial charge in [0.1, 0.15) is 23.8 Å². The summed E-state index contributed by atoms with van der Waals surface area (Å²) in [5.41, 5.74) is -0.638. The number of nitrogens with one attached hydrogen (secondary N) is 4. The Kier molecular flexibility index (Phi) is 11.7. The van der Waals surface area contributed by atoms with E-state index < -0.39 is 59.0 Å². The maximum Gasteiger partial charge on any atom is 0.289 e. The molecular formula is C36H53N7O6. The molecule has 4 fully saturated rings. The molecule has 6 atom stereocenters. The fourth-order valence-electron chi connectivity index (χ4n) is 7.87. The number of fused-ring (bicyclic) bond motifs is 1. The van der Waals surface area contributed by atoms with Crippen LogP contribution in [0.3, 0.4) is 0 Å². The Bertz CT molecular complexity index is 1390. The number of hydrogen-bond acceptors (Lipinski definition) is 8. The molecule has 3 saturated carbocycles. The zero-order valence-electron chi connectivity index (χ0n) is 29.3. The van der Waals surface area contributed by atoms with Gasteiger partial charge in [0.05, 0.1) is 12.2 Å². The van der Waals surface area contributed by atoms with Crippen molar-refractivity contribution in [3.05, 3.63) is 24.3 Å². The number of hydrogen-bond donors (Lipinski definition) is 4. The average molecular weight is 680 g/mol. The van der Waals surface area contributed by atoms with Gasteiger partial charge in [-0.1, -0.05) is 59.8 Å². The van der Waals surface area contributed by atoms with Gasteiger partial charge < -0.3 is 26.2 Å². The molecule has 4 aliphatic rings. The van der Waals surface area contributed by atoms with E-state index in [1.807, 2.05) is 27.7 Å². The van der Waals surface area contributed by atoms with Crippen LogP contribution >= 0.6 is 0 Å². The Balaban J connectivity index is 1.36. The van der Waals surface area contributed by atoms with Gasteiger partial charge in [0.2, 0.25) is 23.5 Å². The summed E-state index contributed by atoms with van der Waals surface area (Å²) in [6.45, 7) is 7.85. The summed E-state index contributed by atoms with van der Waals surface area (Å²) >= 11 is 0. The largest absolute Gasteiger partial charge is 0.347 e. The van der Waals surface area contributed by atoms with Gasteiger partial charge in [0.25, 0.3) is 11.8 Å². The molecule has 4 N–H and O–H groups in total. The van der Waals surface area contributed by atoms with Crippen LogP contribution in [-0.4, -0.2) is 86.9 Å². The van der Waals surface area contributed by atoms with Crippen molar-refractivity contribution in [3.63, 3.8) is 0 Å². The third-order valence-corrected chi connectivity index (χ3v) is 10.7. The molecule has 0 aromatic carbocycles. The van der Waals surface area contributed by atoms with Crippen molar-refractivity contribution < 1.29 is 28.8 Å². The van der Waals surface area contributed by atoms with Crippen LogP contribution in [0.15, 0.2) is 18.6 Å². The van der Waals surface area contributed by atoms with Crippen LogP contribution in [0.25, 0.3) is 0 Å². The molecule has 13 heteroatoms. The summed E-state index contributed by atoms with van der Waals surface area (Å²) in [7, 11) is 0. The smallest absolute Gasteiger partial charge is 0.289 e. The van der Waals surface area contributed by atoms with Gasteiger partial charge in [0.15, 0.2) is 0 Å². The Hall–Kier alpha value is -3.90. The van der Waals surface area contributed by atoms with Gasteiger partial charge in [-0.05, 0) is 68.1 Å². The summed E-state index contributed by atoms with van der Waals surface area (Å²) in [4.78, 5) is 91.4. The lowest BCUT2D eigenvalue weighted by Gasteiger charge is -2.38. The van der Waals surface area contributed by atoms with E-state index in [-0.39, 0.29) is 35.4 Å². The molecule has 0 spiro atoms. The number of aromatic nitrogens is 2. The summed E-state index contributed by atoms with van der Waals surface area (Å²) < 4.78 is 0. The molecule has 0 radical (unpaired) electrons. The third kappa shape index (κ3) is 8.83. The van der Waals surface area contributed by atoms with Gasteiger partial charge >= 0.3 is 0 Å². The Morgan fingerprint density at radius 3 is 2.27 bits per heavy atom. The van der Waals surface area contributed by atoms with Gasteiger partial charge in [0, 0.05) is 25.0 Å². The molecule has 1 saturated heterocycles. The molecular weight excluding hydrogens is 626 g/mol. The SMILES string of the molecule is CCC[C@@H](NC(=O)[C@@H]1[C@@H]2CCC[C@@H]2CN1C(=O)[C@@H](NC(=O)[C@@H](NC(=O)c1cnccn1)C1CCCCC1)C(C)(C)C)C(=O)C(=O)NC1CC1. The maximum absolute atomic E-state index is 14.6. The van der Waals surface area contributed by atoms with Gasteiger partial charge in [-0.3, -0.25) is 33.8 Å². The van der Waals surface area contributed by atoms with Crippen LogP contribution in [-0.2, 0) is 24.0 Å². The summed E-state index contributed by atoms with van der Waals surface area (Å²) in [6.07, 6.45) is 13.9. The van der Waals surface area contributed by atoms with Crippen molar-refractivity contribution in [3.8, 4) is 0 Å². The predicted octanol–water partition coefficient (Wildman–Crippen LogP) is 2.45. The summed E-state index contributed by atoms with van der Waals surface area (Å²) in [5.74, 6) is -3.20. The third-order valence-electron chi connectivity index (χ3n) is 10.7. The molecule has 0 bridgehead atoms. The van der Waals surface area contributed by atoms with E-state index in [9.17, 15) is 28.8 Å². The van der Waals surface area contributed by atoms with Crippen molar-refractivity contribution in [2.75, 3.05) is 6.54 Å². The number of carbonyl (C=O) groups excluding carboxylic acids is 6. The lowest BCUT2D eigenvalue weighted by Crippen LogP contribution is -2.62. The molecule has 13 nitrogen and oxygen atoms in total. The fourth-order valence-corrected chi connectivity index (χ4v) is 7.87. The second-order valence-electron chi connectivity index (χ2n) is 15.5. The molecule has 268 valence electrons. The lowest BCUT2D eigenvalue weighted by molar-refractivity contribution is -0.146. The zero-order chi connectivity index (χ0) is 35.3. The first-order chi connectivity index (χ1) is 23.4.